The minimum absolute atomic E-state index is 0.306. The molecule has 2 aliphatic carbocycles. The van der Waals surface area contributed by atoms with Gasteiger partial charge in [-0.3, -0.25) is 0 Å². The van der Waals surface area contributed by atoms with Crippen LogP contribution in [0.2, 0.25) is 5.02 Å². The van der Waals surface area contributed by atoms with Crippen LogP contribution in [0, 0.1) is 0 Å². The number of benzene rings is 1. The van der Waals surface area contributed by atoms with E-state index in [-0.39, 0.29) is 0 Å². The molecule has 2 saturated carbocycles. The predicted octanol–water partition coefficient (Wildman–Crippen LogP) is 3.90. The summed E-state index contributed by atoms with van der Waals surface area (Å²) in [5, 5.41) is 4.66. The van der Waals surface area contributed by atoms with Crippen molar-refractivity contribution in [2.75, 3.05) is 6.54 Å². The molecule has 17 heavy (non-hydrogen) atoms. The van der Waals surface area contributed by atoms with Crippen molar-refractivity contribution in [2.45, 2.75) is 50.0 Å². The third-order valence-corrected chi connectivity index (χ3v) is 4.64. The highest BCUT2D eigenvalue weighted by Crippen LogP contribution is 2.43. The zero-order valence-electron chi connectivity index (χ0n) is 10.2. The van der Waals surface area contributed by atoms with Gasteiger partial charge in [-0.2, -0.15) is 0 Å². The Morgan fingerprint density at radius 1 is 1.18 bits per heavy atom. The first-order valence-electron chi connectivity index (χ1n) is 6.79. The van der Waals surface area contributed by atoms with Crippen LogP contribution in [-0.2, 0) is 5.41 Å². The monoisotopic (exact) mass is 249 g/mol. The third kappa shape index (κ3) is 2.36. The van der Waals surface area contributed by atoms with Gasteiger partial charge in [-0.1, -0.05) is 42.6 Å². The van der Waals surface area contributed by atoms with Gasteiger partial charge in [0, 0.05) is 23.0 Å². The largest absolute Gasteiger partial charge is 0.313 e. The molecular formula is C15H20ClN. The van der Waals surface area contributed by atoms with Crippen molar-refractivity contribution in [1.29, 1.82) is 0 Å². The first kappa shape index (κ1) is 11.6. The van der Waals surface area contributed by atoms with E-state index in [1.54, 1.807) is 0 Å². The molecule has 0 bridgehead atoms. The van der Waals surface area contributed by atoms with E-state index in [1.807, 2.05) is 12.1 Å². The molecule has 0 spiro atoms. The van der Waals surface area contributed by atoms with Crippen LogP contribution < -0.4 is 5.32 Å². The molecule has 2 fully saturated rings. The topological polar surface area (TPSA) is 12.0 Å². The summed E-state index contributed by atoms with van der Waals surface area (Å²) in [5.41, 5.74) is 1.67. The fourth-order valence-electron chi connectivity index (χ4n) is 3.11. The third-order valence-electron chi connectivity index (χ3n) is 4.31. The van der Waals surface area contributed by atoms with Crippen LogP contribution in [0.3, 0.4) is 0 Å². The lowest BCUT2D eigenvalue weighted by molar-refractivity contribution is 0.403. The van der Waals surface area contributed by atoms with E-state index in [0.717, 1.165) is 17.6 Å². The first-order chi connectivity index (χ1) is 8.30. The summed E-state index contributed by atoms with van der Waals surface area (Å²) >= 11 is 6.40. The molecule has 1 nitrogen and oxygen atoms in total. The second-order valence-corrected chi connectivity index (χ2v) is 6.03. The fraction of sp³-hybridized carbons (Fsp3) is 0.600. The highest BCUT2D eigenvalue weighted by atomic mass is 35.5. The fourth-order valence-corrected chi connectivity index (χ4v) is 3.45. The van der Waals surface area contributed by atoms with Gasteiger partial charge < -0.3 is 5.32 Å². The van der Waals surface area contributed by atoms with Crippen molar-refractivity contribution in [3.05, 3.63) is 34.9 Å². The lowest BCUT2D eigenvalue weighted by Gasteiger charge is -2.31. The van der Waals surface area contributed by atoms with Crippen LogP contribution in [0.25, 0.3) is 0 Å². The van der Waals surface area contributed by atoms with Gasteiger partial charge in [-0.05, 0) is 37.3 Å². The van der Waals surface area contributed by atoms with Gasteiger partial charge in [-0.15, -0.1) is 0 Å². The Labute approximate surface area is 109 Å². The summed E-state index contributed by atoms with van der Waals surface area (Å²) in [6.45, 7) is 1.11. The van der Waals surface area contributed by atoms with E-state index in [9.17, 15) is 0 Å². The average Bonchev–Trinajstić information content (AvgIpc) is 3.06. The Morgan fingerprint density at radius 3 is 2.53 bits per heavy atom. The Morgan fingerprint density at radius 2 is 1.88 bits per heavy atom. The molecule has 2 aliphatic rings. The molecule has 3 rings (SSSR count). The maximum atomic E-state index is 6.40. The van der Waals surface area contributed by atoms with Gasteiger partial charge in [-0.25, -0.2) is 0 Å². The van der Waals surface area contributed by atoms with Crippen LogP contribution in [0.1, 0.15) is 44.1 Å². The summed E-state index contributed by atoms with van der Waals surface area (Å²) in [4.78, 5) is 0. The van der Waals surface area contributed by atoms with E-state index in [2.05, 4.69) is 17.4 Å². The highest BCUT2D eigenvalue weighted by Gasteiger charge is 2.38. The normalized spacial score (nSPS) is 22.9. The van der Waals surface area contributed by atoms with Crippen molar-refractivity contribution in [3.8, 4) is 0 Å². The number of hydrogen-bond donors (Lipinski definition) is 1. The lowest BCUT2D eigenvalue weighted by Crippen LogP contribution is -2.37. The van der Waals surface area contributed by atoms with Crippen LogP contribution in [0.4, 0.5) is 0 Å². The Balaban J connectivity index is 1.84. The molecule has 0 aromatic heterocycles. The zero-order valence-corrected chi connectivity index (χ0v) is 11.0. The lowest BCUT2D eigenvalue weighted by atomic mass is 9.78. The van der Waals surface area contributed by atoms with Crippen molar-refractivity contribution >= 4 is 11.6 Å². The van der Waals surface area contributed by atoms with Crippen molar-refractivity contribution in [1.82, 2.24) is 5.32 Å². The van der Waals surface area contributed by atoms with Crippen LogP contribution >= 0.6 is 11.6 Å². The number of nitrogens with one attached hydrogen (secondary N) is 1. The predicted molar refractivity (Wildman–Crippen MR) is 72.6 cm³/mol. The van der Waals surface area contributed by atoms with Gasteiger partial charge in [0.25, 0.3) is 0 Å². The second kappa shape index (κ2) is 4.62. The van der Waals surface area contributed by atoms with E-state index < -0.39 is 0 Å². The second-order valence-electron chi connectivity index (χ2n) is 5.62. The molecular weight excluding hydrogens is 230 g/mol. The number of halogens is 1. The van der Waals surface area contributed by atoms with Gasteiger partial charge in [0.1, 0.15) is 0 Å². The van der Waals surface area contributed by atoms with Crippen LogP contribution in [0.15, 0.2) is 24.3 Å². The molecule has 0 atom stereocenters. The van der Waals surface area contributed by atoms with Crippen molar-refractivity contribution in [2.24, 2.45) is 0 Å². The molecule has 0 saturated heterocycles. The standard InChI is InChI=1S/C15H20ClN/c16-14-6-2-1-5-13(14)15(9-3-4-10-15)11-17-12-7-8-12/h1-2,5-6,12,17H,3-4,7-11H2. The van der Waals surface area contributed by atoms with Gasteiger partial charge >= 0.3 is 0 Å². The molecule has 1 aromatic carbocycles. The summed E-state index contributed by atoms with van der Waals surface area (Å²) in [5.74, 6) is 0. The molecule has 0 heterocycles. The molecule has 1 N–H and O–H groups in total. The van der Waals surface area contributed by atoms with Gasteiger partial charge in [0.05, 0.1) is 0 Å². The Bertz CT molecular complexity index is 392. The van der Waals surface area contributed by atoms with Gasteiger partial charge in [0.2, 0.25) is 0 Å². The van der Waals surface area contributed by atoms with Crippen molar-refractivity contribution in [3.63, 3.8) is 0 Å². The van der Waals surface area contributed by atoms with E-state index in [0.29, 0.717) is 5.41 Å². The first-order valence-corrected chi connectivity index (χ1v) is 7.16. The maximum absolute atomic E-state index is 6.40. The zero-order chi connectivity index (χ0) is 11.7. The maximum Gasteiger partial charge on any atom is 0.0444 e. The van der Waals surface area contributed by atoms with Gasteiger partial charge in [0.15, 0.2) is 0 Å². The molecule has 0 radical (unpaired) electrons. The Hall–Kier alpha value is -0.530. The number of rotatable bonds is 4. The molecule has 0 amide bonds. The van der Waals surface area contributed by atoms with Crippen LogP contribution in [-0.4, -0.2) is 12.6 Å². The average molecular weight is 250 g/mol. The minimum Gasteiger partial charge on any atom is -0.313 e. The van der Waals surface area contributed by atoms with E-state index in [1.165, 1.54) is 44.1 Å². The molecule has 0 unspecified atom stereocenters. The number of hydrogen-bond acceptors (Lipinski definition) is 1. The summed E-state index contributed by atoms with van der Waals surface area (Å²) < 4.78 is 0. The molecule has 0 aliphatic heterocycles. The molecule has 92 valence electrons. The van der Waals surface area contributed by atoms with Crippen LogP contribution in [0.5, 0.6) is 0 Å². The van der Waals surface area contributed by atoms with E-state index in [4.69, 9.17) is 11.6 Å². The summed E-state index contributed by atoms with van der Waals surface area (Å²) in [6.07, 6.45) is 7.99. The SMILES string of the molecule is Clc1ccccc1C1(CNC2CC2)CCCC1. The quantitative estimate of drug-likeness (QED) is 0.853. The minimum atomic E-state index is 0.306. The summed E-state index contributed by atoms with van der Waals surface area (Å²) in [7, 11) is 0. The summed E-state index contributed by atoms with van der Waals surface area (Å²) in [6, 6.07) is 9.20. The molecule has 2 heteroatoms. The highest BCUT2D eigenvalue weighted by molar-refractivity contribution is 6.31. The smallest absolute Gasteiger partial charge is 0.0444 e. The van der Waals surface area contributed by atoms with E-state index >= 15 is 0 Å². The Kier molecular flexibility index (Phi) is 3.14. The van der Waals surface area contributed by atoms with Crippen molar-refractivity contribution < 1.29 is 0 Å². The molecule has 1 aromatic rings.